The fourth-order valence-corrected chi connectivity index (χ4v) is 2.94. The van der Waals surface area contributed by atoms with Crippen molar-refractivity contribution in [1.82, 2.24) is 15.2 Å². The molecule has 6 nitrogen and oxygen atoms in total. The van der Waals surface area contributed by atoms with E-state index in [2.05, 4.69) is 16.9 Å². The Morgan fingerprint density at radius 3 is 2.82 bits per heavy atom. The number of halogens is 1. The molecule has 0 spiro atoms. The number of thiocarbonyl (C=S) groups is 1. The zero-order valence-electron chi connectivity index (χ0n) is 15.1. The summed E-state index contributed by atoms with van der Waals surface area (Å²) >= 11 is 5.08. The summed E-state index contributed by atoms with van der Waals surface area (Å²) in [5, 5.41) is 3.15. The van der Waals surface area contributed by atoms with Gasteiger partial charge in [0.2, 0.25) is 11.8 Å². The SMILES string of the molecule is C=CCNC(=S)OC1CC(=O)N(Cc2ccc(Oc3ccc(F)cc3)nc2)C1. The molecule has 8 heteroatoms. The molecule has 1 N–H and O–H groups in total. The lowest BCUT2D eigenvalue weighted by molar-refractivity contribution is -0.128. The summed E-state index contributed by atoms with van der Waals surface area (Å²) in [6, 6.07) is 9.25. The number of aromatic nitrogens is 1. The summed E-state index contributed by atoms with van der Waals surface area (Å²) in [5.41, 5.74) is 0.868. The summed E-state index contributed by atoms with van der Waals surface area (Å²) in [6.07, 6.45) is 3.34. The normalized spacial score (nSPS) is 16.0. The number of hydrogen-bond donors (Lipinski definition) is 1. The summed E-state index contributed by atoms with van der Waals surface area (Å²) in [4.78, 5) is 18.2. The van der Waals surface area contributed by atoms with Crippen molar-refractivity contribution < 1.29 is 18.7 Å². The quantitative estimate of drug-likeness (QED) is 0.568. The number of likely N-dealkylation sites (tertiary alicyclic amines) is 1. The van der Waals surface area contributed by atoms with E-state index >= 15 is 0 Å². The van der Waals surface area contributed by atoms with Gasteiger partial charge in [-0.1, -0.05) is 12.1 Å². The highest BCUT2D eigenvalue weighted by molar-refractivity contribution is 7.80. The second kappa shape index (κ2) is 9.27. The van der Waals surface area contributed by atoms with Crippen LogP contribution < -0.4 is 10.1 Å². The van der Waals surface area contributed by atoms with Crippen molar-refractivity contribution in [3.05, 3.63) is 66.6 Å². The molecule has 1 aromatic carbocycles. The first kappa shape index (κ1) is 19.8. The van der Waals surface area contributed by atoms with Crippen LogP contribution in [0.4, 0.5) is 4.39 Å². The highest BCUT2D eigenvalue weighted by atomic mass is 32.1. The topological polar surface area (TPSA) is 63.7 Å². The standard InChI is InChI=1S/C20H20FN3O3S/c1-2-9-22-20(28)27-17-10-19(25)24(13-17)12-14-3-8-18(23-11-14)26-16-6-4-15(21)5-7-16/h2-8,11,17H,1,9-10,12-13H2,(H,22,28). The number of carbonyl (C=O) groups is 1. The Bertz CT molecular complexity index is 843. The second-order valence-corrected chi connectivity index (χ2v) is 6.61. The van der Waals surface area contributed by atoms with E-state index in [1.54, 1.807) is 23.2 Å². The molecule has 2 aromatic rings. The average molecular weight is 401 g/mol. The van der Waals surface area contributed by atoms with Gasteiger partial charge in [-0.25, -0.2) is 9.37 Å². The van der Waals surface area contributed by atoms with Gasteiger partial charge in [-0.3, -0.25) is 4.79 Å². The maximum atomic E-state index is 12.9. The third-order valence-corrected chi connectivity index (χ3v) is 4.29. The largest absolute Gasteiger partial charge is 0.465 e. The molecule has 1 saturated heterocycles. The van der Waals surface area contributed by atoms with Crippen LogP contribution in [0, 0.1) is 5.82 Å². The van der Waals surface area contributed by atoms with Crippen molar-refractivity contribution in [1.29, 1.82) is 0 Å². The smallest absolute Gasteiger partial charge is 0.257 e. The Labute approximate surface area is 168 Å². The zero-order chi connectivity index (χ0) is 19.9. The molecule has 0 aliphatic carbocycles. The summed E-state index contributed by atoms with van der Waals surface area (Å²) in [7, 11) is 0. The van der Waals surface area contributed by atoms with Crippen LogP contribution in [0.15, 0.2) is 55.3 Å². The Kier molecular flexibility index (Phi) is 6.54. The minimum Gasteiger partial charge on any atom is -0.465 e. The summed E-state index contributed by atoms with van der Waals surface area (Å²) < 4.78 is 24.1. The molecule has 1 fully saturated rings. The maximum Gasteiger partial charge on any atom is 0.257 e. The number of rotatable bonds is 7. The van der Waals surface area contributed by atoms with Gasteiger partial charge in [-0.15, -0.1) is 6.58 Å². The fraction of sp³-hybridized carbons (Fsp3) is 0.250. The predicted molar refractivity (Wildman–Crippen MR) is 106 cm³/mol. The van der Waals surface area contributed by atoms with Gasteiger partial charge in [0.1, 0.15) is 17.7 Å². The zero-order valence-corrected chi connectivity index (χ0v) is 16.0. The van der Waals surface area contributed by atoms with Crippen LogP contribution in [-0.2, 0) is 16.1 Å². The van der Waals surface area contributed by atoms with Gasteiger partial charge >= 0.3 is 0 Å². The molecule has 2 heterocycles. The van der Waals surface area contributed by atoms with E-state index in [9.17, 15) is 9.18 Å². The molecule has 0 radical (unpaired) electrons. The Morgan fingerprint density at radius 1 is 1.36 bits per heavy atom. The van der Waals surface area contributed by atoms with E-state index < -0.39 is 0 Å². The third kappa shape index (κ3) is 5.50. The lowest BCUT2D eigenvalue weighted by Gasteiger charge is -2.17. The van der Waals surface area contributed by atoms with Crippen molar-refractivity contribution in [2.75, 3.05) is 13.1 Å². The highest BCUT2D eigenvalue weighted by Gasteiger charge is 2.31. The molecule has 1 aliphatic rings. The van der Waals surface area contributed by atoms with Crippen molar-refractivity contribution >= 4 is 23.3 Å². The van der Waals surface area contributed by atoms with Gasteiger partial charge in [0, 0.05) is 25.4 Å². The lowest BCUT2D eigenvalue weighted by atomic mass is 10.2. The minimum atomic E-state index is -0.328. The molecule has 0 saturated carbocycles. The van der Waals surface area contributed by atoms with E-state index in [1.165, 1.54) is 24.3 Å². The Morgan fingerprint density at radius 2 is 2.14 bits per heavy atom. The van der Waals surface area contributed by atoms with E-state index in [0.717, 1.165) is 5.56 Å². The average Bonchev–Trinajstić information content (AvgIpc) is 3.02. The van der Waals surface area contributed by atoms with Crippen molar-refractivity contribution in [3.63, 3.8) is 0 Å². The van der Waals surface area contributed by atoms with Crippen molar-refractivity contribution in [2.24, 2.45) is 0 Å². The minimum absolute atomic E-state index is 0.00293. The summed E-state index contributed by atoms with van der Waals surface area (Å²) in [6.45, 7) is 5.00. The fourth-order valence-electron chi connectivity index (χ4n) is 2.72. The van der Waals surface area contributed by atoms with Crippen molar-refractivity contribution in [3.8, 4) is 11.6 Å². The lowest BCUT2D eigenvalue weighted by Crippen LogP contribution is -2.31. The van der Waals surface area contributed by atoms with E-state index in [1.807, 2.05) is 6.07 Å². The van der Waals surface area contributed by atoms with Gasteiger partial charge in [0.15, 0.2) is 0 Å². The molecule has 3 rings (SSSR count). The first-order valence-electron chi connectivity index (χ1n) is 8.75. The Balaban J connectivity index is 1.52. The van der Waals surface area contributed by atoms with E-state index in [4.69, 9.17) is 21.7 Å². The molecule has 1 unspecified atom stereocenters. The predicted octanol–water partition coefficient (Wildman–Crippen LogP) is 3.19. The van der Waals surface area contributed by atoms with Crippen LogP contribution >= 0.6 is 12.2 Å². The molecule has 1 aromatic heterocycles. The molecule has 1 amide bonds. The van der Waals surface area contributed by atoms with Gasteiger partial charge in [-0.2, -0.15) is 0 Å². The number of nitrogens with one attached hydrogen (secondary N) is 1. The molecule has 1 aliphatic heterocycles. The van der Waals surface area contributed by atoms with E-state index in [-0.39, 0.29) is 29.4 Å². The third-order valence-electron chi connectivity index (χ3n) is 4.05. The molecule has 1 atom stereocenters. The van der Waals surface area contributed by atoms with Gasteiger partial charge in [0.05, 0.1) is 13.0 Å². The number of carbonyl (C=O) groups excluding carboxylic acids is 1. The van der Waals surface area contributed by atoms with Gasteiger partial charge in [-0.05, 0) is 42.0 Å². The second-order valence-electron chi connectivity index (χ2n) is 6.24. The highest BCUT2D eigenvalue weighted by Crippen LogP contribution is 2.21. The van der Waals surface area contributed by atoms with Gasteiger partial charge < -0.3 is 19.7 Å². The number of hydrogen-bond acceptors (Lipinski definition) is 5. The summed E-state index contributed by atoms with van der Waals surface area (Å²) in [5.74, 6) is 0.564. The number of nitrogens with zero attached hydrogens (tertiary/aromatic N) is 2. The van der Waals surface area contributed by atoms with Crippen LogP contribution in [0.3, 0.4) is 0 Å². The van der Waals surface area contributed by atoms with Crippen LogP contribution in [-0.4, -0.2) is 40.2 Å². The van der Waals surface area contributed by atoms with Crippen LogP contribution in [0.2, 0.25) is 0 Å². The number of ether oxygens (including phenoxy) is 2. The Hall–Kier alpha value is -3.00. The first-order valence-corrected chi connectivity index (χ1v) is 9.16. The molecule has 0 bridgehead atoms. The van der Waals surface area contributed by atoms with Crippen LogP contribution in [0.25, 0.3) is 0 Å². The maximum absolute atomic E-state index is 12.9. The molecular formula is C20H20FN3O3S. The monoisotopic (exact) mass is 401 g/mol. The molecular weight excluding hydrogens is 381 g/mol. The van der Waals surface area contributed by atoms with Gasteiger partial charge in [0.25, 0.3) is 5.17 Å². The van der Waals surface area contributed by atoms with E-state index in [0.29, 0.717) is 31.3 Å². The number of amides is 1. The number of benzene rings is 1. The van der Waals surface area contributed by atoms with Crippen LogP contribution in [0.1, 0.15) is 12.0 Å². The first-order chi connectivity index (χ1) is 13.5. The molecule has 28 heavy (non-hydrogen) atoms. The van der Waals surface area contributed by atoms with Crippen LogP contribution in [0.5, 0.6) is 11.6 Å². The van der Waals surface area contributed by atoms with Crippen molar-refractivity contribution in [2.45, 2.75) is 19.1 Å². The molecule has 146 valence electrons. The number of pyridine rings is 1.